The Morgan fingerprint density at radius 1 is 1.37 bits per heavy atom. The van der Waals surface area contributed by atoms with Crippen molar-refractivity contribution in [3.63, 3.8) is 0 Å². The molecular weight excluding hydrogens is 285 g/mol. The highest BCUT2D eigenvalue weighted by Crippen LogP contribution is 2.23. The van der Waals surface area contributed by atoms with Crippen LogP contribution in [-0.2, 0) is 0 Å². The third-order valence-electron chi connectivity index (χ3n) is 2.81. The van der Waals surface area contributed by atoms with E-state index < -0.39 is 5.82 Å². The van der Waals surface area contributed by atoms with Gasteiger partial charge in [-0.15, -0.1) is 0 Å². The van der Waals surface area contributed by atoms with E-state index in [1.54, 1.807) is 10.8 Å². The highest BCUT2D eigenvalue weighted by Gasteiger charge is 2.12. The Morgan fingerprint density at radius 2 is 2.16 bits per heavy atom. The zero-order valence-corrected chi connectivity index (χ0v) is 11.5. The lowest BCUT2D eigenvalue weighted by molar-refractivity contribution is 0.618. The van der Waals surface area contributed by atoms with Gasteiger partial charge < -0.3 is 4.98 Å². The van der Waals surface area contributed by atoms with Crippen LogP contribution in [0.1, 0.15) is 5.56 Å². The number of rotatable bonds is 1. The average molecular weight is 294 g/mol. The number of hydrogen-bond donors (Lipinski definition) is 1. The van der Waals surface area contributed by atoms with Gasteiger partial charge >= 0.3 is 0 Å². The van der Waals surface area contributed by atoms with Gasteiger partial charge in [-0.1, -0.05) is 11.6 Å². The van der Waals surface area contributed by atoms with Crippen molar-refractivity contribution in [2.75, 3.05) is 0 Å². The molecule has 1 N–H and O–H groups in total. The summed E-state index contributed by atoms with van der Waals surface area (Å²) < 4.78 is 15.9. The first kappa shape index (κ1) is 12.3. The number of aromatic amines is 1. The molecule has 0 bridgehead atoms. The molecule has 19 heavy (non-hydrogen) atoms. The quantitative estimate of drug-likeness (QED) is 0.683. The van der Waals surface area contributed by atoms with Crippen LogP contribution in [0.25, 0.3) is 16.9 Å². The lowest BCUT2D eigenvalue weighted by atomic mass is 10.3. The van der Waals surface area contributed by atoms with E-state index in [0.29, 0.717) is 21.1 Å². The molecule has 0 aliphatic rings. The molecule has 3 rings (SSSR count). The summed E-state index contributed by atoms with van der Waals surface area (Å²) in [5.74, 6) is -0.399. The van der Waals surface area contributed by atoms with Crippen molar-refractivity contribution in [1.29, 1.82) is 0 Å². The molecule has 0 spiro atoms. The fourth-order valence-electron chi connectivity index (χ4n) is 1.98. The second-order valence-corrected chi connectivity index (χ2v) is 5.07. The minimum Gasteiger partial charge on any atom is -0.329 e. The van der Waals surface area contributed by atoms with Gasteiger partial charge in [-0.3, -0.25) is 4.57 Å². The summed E-state index contributed by atoms with van der Waals surface area (Å²) in [4.78, 5) is 7.32. The number of pyridine rings is 1. The van der Waals surface area contributed by atoms with Crippen molar-refractivity contribution < 1.29 is 4.39 Å². The van der Waals surface area contributed by atoms with Gasteiger partial charge in [0.25, 0.3) is 0 Å². The Kier molecular flexibility index (Phi) is 2.88. The normalized spacial score (nSPS) is 11.1. The van der Waals surface area contributed by atoms with E-state index in [1.807, 2.05) is 13.0 Å². The van der Waals surface area contributed by atoms with Gasteiger partial charge in [-0.25, -0.2) is 9.37 Å². The number of nitrogens with one attached hydrogen (secondary N) is 1. The summed E-state index contributed by atoms with van der Waals surface area (Å²) in [6.45, 7) is 1.93. The van der Waals surface area contributed by atoms with Crippen LogP contribution in [0.5, 0.6) is 0 Å². The molecule has 3 nitrogen and oxygen atoms in total. The molecule has 3 aromatic rings. The molecule has 2 heterocycles. The highest BCUT2D eigenvalue weighted by molar-refractivity contribution is 7.71. The lowest BCUT2D eigenvalue weighted by Gasteiger charge is -2.06. The van der Waals surface area contributed by atoms with E-state index >= 15 is 0 Å². The number of aromatic nitrogens is 3. The molecule has 0 unspecified atom stereocenters. The number of nitrogens with zero attached hydrogens (tertiary/aromatic N) is 2. The topological polar surface area (TPSA) is 33.6 Å². The zero-order chi connectivity index (χ0) is 13.6. The standard InChI is InChI=1S/C13H9ClFN3S/c1-7-4-10-12(16-6-7)18(13(19)17-10)11-5-8(14)2-3-9(11)15/h2-6H,1H3,(H,17,19). The Labute approximate surface area is 118 Å². The van der Waals surface area contributed by atoms with Crippen LogP contribution < -0.4 is 0 Å². The molecule has 0 saturated heterocycles. The van der Waals surface area contributed by atoms with E-state index in [4.69, 9.17) is 23.8 Å². The van der Waals surface area contributed by atoms with Gasteiger partial charge in [0, 0.05) is 11.2 Å². The summed E-state index contributed by atoms with van der Waals surface area (Å²) in [5, 5.41) is 0.444. The Morgan fingerprint density at radius 3 is 2.95 bits per heavy atom. The molecule has 0 aliphatic carbocycles. The van der Waals surface area contributed by atoms with Gasteiger partial charge in [0.15, 0.2) is 10.4 Å². The number of imidazole rings is 1. The van der Waals surface area contributed by atoms with Crippen LogP contribution in [0.2, 0.25) is 5.02 Å². The third kappa shape index (κ3) is 2.05. The predicted octanol–water partition coefficient (Wildman–Crippen LogP) is 4.18. The van der Waals surface area contributed by atoms with Crippen LogP contribution in [-0.4, -0.2) is 14.5 Å². The van der Waals surface area contributed by atoms with Crippen LogP contribution in [0.3, 0.4) is 0 Å². The van der Waals surface area contributed by atoms with Crippen molar-refractivity contribution in [2.45, 2.75) is 6.92 Å². The predicted molar refractivity (Wildman–Crippen MR) is 76.0 cm³/mol. The Bertz CT molecular complexity index is 838. The van der Waals surface area contributed by atoms with Crippen LogP contribution in [0, 0.1) is 17.5 Å². The molecule has 6 heteroatoms. The summed E-state index contributed by atoms with van der Waals surface area (Å²) >= 11 is 11.2. The molecular formula is C13H9ClFN3S. The van der Waals surface area contributed by atoms with E-state index in [1.165, 1.54) is 18.2 Å². The SMILES string of the molecule is Cc1cnc2c(c1)[nH]c(=S)n2-c1cc(Cl)ccc1F. The Hall–Kier alpha value is -1.72. The maximum absolute atomic E-state index is 14.0. The first-order valence-electron chi connectivity index (χ1n) is 5.59. The maximum atomic E-state index is 14.0. The lowest BCUT2D eigenvalue weighted by Crippen LogP contribution is -1.99. The van der Waals surface area contributed by atoms with E-state index in [2.05, 4.69) is 9.97 Å². The number of fused-ring (bicyclic) bond motifs is 1. The molecule has 2 aromatic heterocycles. The zero-order valence-electron chi connectivity index (χ0n) is 9.95. The van der Waals surface area contributed by atoms with Crippen molar-refractivity contribution >= 4 is 35.0 Å². The number of benzene rings is 1. The van der Waals surface area contributed by atoms with E-state index in [0.717, 1.165) is 11.1 Å². The van der Waals surface area contributed by atoms with Crippen molar-refractivity contribution in [1.82, 2.24) is 14.5 Å². The molecule has 0 aliphatic heterocycles. The number of halogens is 2. The number of aryl methyl sites for hydroxylation is 1. The minimum absolute atomic E-state index is 0.292. The third-order valence-corrected chi connectivity index (χ3v) is 3.33. The summed E-state index contributed by atoms with van der Waals surface area (Å²) in [7, 11) is 0. The molecule has 0 atom stereocenters. The second kappa shape index (κ2) is 4.43. The monoisotopic (exact) mass is 293 g/mol. The summed E-state index contributed by atoms with van der Waals surface area (Å²) in [6, 6.07) is 6.25. The van der Waals surface area contributed by atoms with Gasteiger partial charge in [0.2, 0.25) is 0 Å². The smallest absolute Gasteiger partial charge is 0.184 e. The fraction of sp³-hybridized carbons (Fsp3) is 0.0769. The van der Waals surface area contributed by atoms with Crippen LogP contribution in [0.15, 0.2) is 30.5 Å². The number of H-pyrrole nitrogens is 1. The molecule has 0 saturated carbocycles. The number of hydrogen-bond acceptors (Lipinski definition) is 2. The average Bonchev–Trinajstić information content (AvgIpc) is 2.67. The van der Waals surface area contributed by atoms with Gasteiger partial charge in [0.05, 0.1) is 11.2 Å². The summed E-state index contributed by atoms with van der Waals surface area (Å²) in [5.41, 5.74) is 2.64. The van der Waals surface area contributed by atoms with Gasteiger partial charge in [-0.05, 0) is 49.0 Å². The van der Waals surface area contributed by atoms with E-state index in [9.17, 15) is 4.39 Å². The van der Waals surface area contributed by atoms with E-state index in [-0.39, 0.29) is 0 Å². The minimum atomic E-state index is -0.399. The molecule has 0 radical (unpaired) electrons. The molecule has 0 amide bonds. The van der Waals surface area contributed by atoms with Gasteiger partial charge in [-0.2, -0.15) is 0 Å². The molecule has 96 valence electrons. The van der Waals surface area contributed by atoms with Crippen molar-refractivity contribution in [2.24, 2.45) is 0 Å². The maximum Gasteiger partial charge on any atom is 0.184 e. The van der Waals surface area contributed by atoms with Crippen LogP contribution in [0.4, 0.5) is 4.39 Å². The molecule has 0 fully saturated rings. The van der Waals surface area contributed by atoms with Crippen molar-refractivity contribution in [3.05, 3.63) is 51.6 Å². The first-order chi connectivity index (χ1) is 9.06. The fourth-order valence-corrected chi connectivity index (χ4v) is 2.44. The summed E-state index contributed by atoms with van der Waals surface area (Å²) in [6.07, 6.45) is 1.71. The van der Waals surface area contributed by atoms with Crippen LogP contribution >= 0.6 is 23.8 Å². The first-order valence-corrected chi connectivity index (χ1v) is 6.37. The van der Waals surface area contributed by atoms with Gasteiger partial charge in [0.1, 0.15) is 5.82 Å². The largest absolute Gasteiger partial charge is 0.329 e. The Balaban J connectivity index is 2.39. The second-order valence-electron chi connectivity index (χ2n) is 4.25. The highest BCUT2D eigenvalue weighted by atomic mass is 35.5. The van der Waals surface area contributed by atoms with Crippen molar-refractivity contribution in [3.8, 4) is 5.69 Å². The molecule has 1 aromatic carbocycles.